The van der Waals surface area contributed by atoms with Crippen LogP contribution in [-0.2, 0) is 7.05 Å². The van der Waals surface area contributed by atoms with Crippen molar-refractivity contribution in [3.05, 3.63) is 41.2 Å². The molecule has 0 unspecified atom stereocenters. The first-order valence-corrected chi connectivity index (χ1v) is 6.78. The minimum atomic E-state index is -0.229. The molecule has 2 N–H and O–H groups in total. The summed E-state index contributed by atoms with van der Waals surface area (Å²) in [5.74, 6) is 0.477. The van der Waals surface area contributed by atoms with Gasteiger partial charge in [0, 0.05) is 25.3 Å². The first-order chi connectivity index (χ1) is 9.97. The van der Waals surface area contributed by atoms with Gasteiger partial charge in [-0.05, 0) is 24.3 Å². The molecule has 112 valence electrons. The van der Waals surface area contributed by atoms with Gasteiger partial charge in [0.25, 0.3) is 5.91 Å². The summed E-state index contributed by atoms with van der Waals surface area (Å²) < 4.78 is 7.06. The predicted octanol–water partition coefficient (Wildman–Crippen LogP) is 1.81. The van der Waals surface area contributed by atoms with Crippen molar-refractivity contribution in [1.82, 2.24) is 14.7 Å². The number of benzene rings is 1. The van der Waals surface area contributed by atoms with Gasteiger partial charge in [-0.15, -0.1) is 0 Å². The molecule has 2 aromatic rings. The minimum absolute atomic E-state index is 0.229. The third-order valence-corrected chi connectivity index (χ3v) is 3.17. The standard InChI is InChI=1S/C14H17ClN4O2/c1-18(14(20)13-12(16)9-19(2)17-13)7-8-21-11-5-3-10(15)4-6-11/h3-6,9H,7-8,16H2,1-2H3. The van der Waals surface area contributed by atoms with E-state index in [1.807, 2.05) is 0 Å². The Balaban J connectivity index is 1.87. The maximum Gasteiger partial charge on any atom is 0.276 e. The Bertz CT molecular complexity index is 624. The number of amides is 1. The molecule has 0 fully saturated rings. The fourth-order valence-corrected chi connectivity index (χ4v) is 1.91. The molecule has 0 aliphatic rings. The molecule has 7 heteroatoms. The van der Waals surface area contributed by atoms with Crippen LogP contribution in [0.2, 0.25) is 5.02 Å². The van der Waals surface area contributed by atoms with E-state index < -0.39 is 0 Å². The summed E-state index contributed by atoms with van der Waals surface area (Å²) in [6.07, 6.45) is 1.60. The number of hydrogen-bond donors (Lipinski definition) is 1. The highest BCUT2D eigenvalue weighted by Crippen LogP contribution is 2.15. The van der Waals surface area contributed by atoms with Crippen LogP contribution in [0.1, 0.15) is 10.5 Å². The van der Waals surface area contributed by atoms with Gasteiger partial charge in [0.05, 0.1) is 12.2 Å². The first kappa shape index (κ1) is 15.2. The Labute approximate surface area is 128 Å². The number of hydrogen-bond acceptors (Lipinski definition) is 4. The Morgan fingerprint density at radius 1 is 1.43 bits per heavy atom. The molecule has 1 amide bonds. The van der Waals surface area contributed by atoms with Crippen LogP contribution in [0.4, 0.5) is 5.69 Å². The summed E-state index contributed by atoms with van der Waals surface area (Å²) >= 11 is 5.79. The third kappa shape index (κ3) is 3.88. The second-order valence-electron chi connectivity index (χ2n) is 4.64. The molecule has 0 bridgehead atoms. The largest absolute Gasteiger partial charge is 0.492 e. The quantitative estimate of drug-likeness (QED) is 0.914. The van der Waals surface area contributed by atoms with Crippen LogP contribution < -0.4 is 10.5 Å². The number of nitrogens with zero attached hydrogens (tertiary/aromatic N) is 3. The number of aryl methyl sites for hydroxylation is 1. The fourth-order valence-electron chi connectivity index (χ4n) is 1.79. The zero-order valence-electron chi connectivity index (χ0n) is 11.9. The van der Waals surface area contributed by atoms with Crippen LogP contribution in [0.15, 0.2) is 30.5 Å². The number of likely N-dealkylation sites (N-methyl/N-ethyl adjacent to an activating group) is 1. The Hall–Kier alpha value is -2.21. The lowest BCUT2D eigenvalue weighted by Gasteiger charge is -2.16. The average Bonchev–Trinajstić information content (AvgIpc) is 2.79. The summed E-state index contributed by atoms with van der Waals surface area (Å²) in [4.78, 5) is 13.7. The van der Waals surface area contributed by atoms with E-state index in [0.717, 1.165) is 0 Å². The van der Waals surface area contributed by atoms with Gasteiger partial charge in [-0.1, -0.05) is 11.6 Å². The number of anilines is 1. The van der Waals surface area contributed by atoms with Crippen molar-refractivity contribution in [1.29, 1.82) is 0 Å². The maximum atomic E-state index is 12.2. The van der Waals surface area contributed by atoms with Gasteiger partial charge in [0.2, 0.25) is 0 Å². The van der Waals surface area contributed by atoms with Crippen molar-refractivity contribution in [2.24, 2.45) is 7.05 Å². The van der Waals surface area contributed by atoms with Crippen LogP contribution in [0.3, 0.4) is 0 Å². The molecule has 0 saturated carbocycles. The van der Waals surface area contributed by atoms with Crippen molar-refractivity contribution in [2.75, 3.05) is 25.9 Å². The van der Waals surface area contributed by atoms with Gasteiger partial charge >= 0.3 is 0 Å². The smallest absolute Gasteiger partial charge is 0.276 e. The van der Waals surface area contributed by atoms with Crippen LogP contribution in [0, 0.1) is 0 Å². The fraction of sp³-hybridized carbons (Fsp3) is 0.286. The lowest BCUT2D eigenvalue weighted by Crippen LogP contribution is -2.31. The highest BCUT2D eigenvalue weighted by Gasteiger charge is 2.18. The maximum absolute atomic E-state index is 12.2. The molecule has 0 spiro atoms. The lowest BCUT2D eigenvalue weighted by molar-refractivity contribution is 0.0768. The number of halogens is 1. The van der Waals surface area contributed by atoms with Crippen LogP contribution in [0.25, 0.3) is 0 Å². The number of rotatable bonds is 5. The molecule has 21 heavy (non-hydrogen) atoms. The zero-order chi connectivity index (χ0) is 15.4. The molecule has 1 aromatic heterocycles. The van der Waals surface area contributed by atoms with Gasteiger partial charge in [0.15, 0.2) is 5.69 Å². The molecule has 0 saturated heterocycles. The van der Waals surface area contributed by atoms with E-state index in [1.54, 1.807) is 44.6 Å². The van der Waals surface area contributed by atoms with Crippen LogP contribution in [0.5, 0.6) is 5.75 Å². The van der Waals surface area contributed by atoms with E-state index in [2.05, 4.69) is 5.10 Å². The lowest BCUT2D eigenvalue weighted by atomic mass is 10.3. The van der Waals surface area contributed by atoms with Crippen LogP contribution >= 0.6 is 11.6 Å². The van der Waals surface area contributed by atoms with Gasteiger partial charge in [-0.25, -0.2) is 0 Å². The molecule has 2 rings (SSSR count). The second-order valence-corrected chi connectivity index (χ2v) is 5.07. The third-order valence-electron chi connectivity index (χ3n) is 2.92. The van der Waals surface area contributed by atoms with Crippen molar-refractivity contribution in [3.63, 3.8) is 0 Å². The Morgan fingerprint density at radius 3 is 2.67 bits per heavy atom. The minimum Gasteiger partial charge on any atom is -0.492 e. The van der Waals surface area contributed by atoms with Gasteiger partial charge in [-0.2, -0.15) is 5.10 Å². The van der Waals surface area contributed by atoms with E-state index in [4.69, 9.17) is 22.1 Å². The van der Waals surface area contributed by atoms with E-state index >= 15 is 0 Å². The van der Waals surface area contributed by atoms with Gasteiger partial charge < -0.3 is 15.4 Å². The summed E-state index contributed by atoms with van der Waals surface area (Å²) in [5.41, 5.74) is 6.36. The number of aromatic nitrogens is 2. The summed E-state index contributed by atoms with van der Waals surface area (Å²) in [6, 6.07) is 7.06. The van der Waals surface area contributed by atoms with E-state index in [9.17, 15) is 4.79 Å². The summed E-state index contributed by atoms with van der Waals surface area (Å²) in [7, 11) is 3.40. The molecule has 6 nitrogen and oxygen atoms in total. The Morgan fingerprint density at radius 2 is 2.10 bits per heavy atom. The van der Waals surface area contributed by atoms with E-state index in [1.165, 1.54) is 9.58 Å². The van der Waals surface area contributed by atoms with Gasteiger partial charge in [0.1, 0.15) is 12.4 Å². The SMILES string of the molecule is CN(CCOc1ccc(Cl)cc1)C(=O)c1nn(C)cc1N. The second kappa shape index (κ2) is 6.49. The molecule has 1 heterocycles. The highest BCUT2D eigenvalue weighted by atomic mass is 35.5. The Kier molecular flexibility index (Phi) is 4.70. The number of carbonyl (C=O) groups excluding carboxylic acids is 1. The van der Waals surface area contributed by atoms with Crippen molar-refractivity contribution in [3.8, 4) is 5.75 Å². The molecule has 0 radical (unpaired) electrons. The van der Waals surface area contributed by atoms with Crippen molar-refractivity contribution >= 4 is 23.2 Å². The first-order valence-electron chi connectivity index (χ1n) is 6.40. The van der Waals surface area contributed by atoms with Gasteiger partial charge in [-0.3, -0.25) is 9.48 Å². The monoisotopic (exact) mass is 308 g/mol. The average molecular weight is 309 g/mol. The molecule has 0 aliphatic heterocycles. The van der Waals surface area contributed by atoms with Crippen molar-refractivity contribution in [2.45, 2.75) is 0 Å². The van der Waals surface area contributed by atoms with E-state index in [0.29, 0.717) is 29.6 Å². The highest BCUT2D eigenvalue weighted by molar-refractivity contribution is 6.30. The molecule has 0 atom stereocenters. The van der Waals surface area contributed by atoms with E-state index in [-0.39, 0.29) is 11.6 Å². The van der Waals surface area contributed by atoms with Crippen LogP contribution in [-0.4, -0.2) is 40.8 Å². The summed E-state index contributed by atoms with van der Waals surface area (Å²) in [6.45, 7) is 0.800. The predicted molar refractivity (Wildman–Crippen MR) is 81.5 cm³/mol. The zero-order valence-corrected chi connectivity index (χ0v) is 12.7. The molecule has 0 aliphatic carbocycles. The molecular weight excluding hydrogens is 292 g/mol. The normalized spacial score (nSPS) is 10.4. The number of nitrogens with two attached hydrogens (primary N) is 1. The topological polar surface area (TPSA) is 73.4 Å². The number of carbonyl (C=O) groups is 1. The molecular formula is C14H17ClN4O2. The number of nitrogen functional groups attached to an aromatic ring is 1. The summed E-state index contributed by atoms with van der Waals surface area (Å²) in [5, 5.41) is 4.71. The van der Waals surface area contributed by atoms with Crippen molar-refractivity contribution < 1.29 is 9.53 Å². The molecule has 1 aromatic carbocycles. The number of ether oxygens (including phenoxy) is 1.